The summed E-state index contributed by atoms with van der Waals surface area (Å²) in [6.07, 6.45) is 4.62. The molecule has 2 unspecified atom stereocenters. The number of nitrogens with two attached hydrogens (primary N) is 1. The maximum atomic E-state index is 6.31. The zero-order valence-corrected chi connectivity index (χ0v) is 11.0. The lowest BCUT2D eigenvalue weighted by atomic mass is 9.94. The van der Waals surface area contributed by atoms with Gasteiger partial charge in [-0.25, -0.2) is 0 Å². The van der Waals surface area contributed by atoms with Gasteiger partial charge in [0.1, 0.15) is 0 Å². The third-order valence-corrected chi connectivity index (χ3v) is 3.22. The quantitative estimate of drug-likeness (QED) is 0.879. The molecule has 2 rings (SSSR count). The molecule has 0 aliphatic carbocycles. The van der Waals surface area contributed by atoms with E-state index in [1.165, 1.54) is 10.9 Å². The first-order chi connectivity index (χ1) is 8.72. The third kappa shape index (κ3) is 2.86. The molecule has 0 radical (unpaired) electrons. The second-order valence-electron chi connectivity index (χ2n) is 4.85. The standard InChI is InChI=1S/C15H20N2O/c1-11(10-18-2)8-15(16)13-5-3-4-12-6-7-17-9-14(12)13/h3-7,9,11,15H,8,10,16H2,1-2H3. The van der Waals surface area contributed by atoms with Crippen LogP contribution in [0.5, 0.6) is 0 Å². The Morgan fingerprint density at radius 2 is 2.17 bits per heavy atom. The molecule has 0 saturated carbocycles. The van der Waals surface area contributed by atoms with Crippen molar-refractivity contribution >= 4 is 10.8 Å². The van der Waals surface area contributed by atoms with Crippen molar-refractivity contribution in [2.24, 2.45) is 11.7 Å². The van der Waals surface area contributed by atoms with Crippen LogP contribution in [0.2, 0.25) is 0 Å². The van der Waals surface area contributed by atoms with E-state index in [9.17, 15) is 0 Å². The van der Waals surface area contributed by atoms with Crippen LogP contribution in [0.4, 0.5) is 0 Å². The summed E-state index contributed by atoms with van der Waals surface area (Å²) in [4.78, 5) is 4.19. The van der Waals surface area contributed by atoms with E-state index in [1.807, 2.05) is 18.5 Å². The molecule has 1 heterocycles. The van der Waals surface area contributed by atoms with Gasteiger partial charge in [-0.05, 0) is 29.4 Å². The second-order valence-corrected chi connectivity index (χ2v) is 4.85. The number of benzene rings is 1. The Bertz CT molecular complexity index is 507. The maximum absolute atomic E-state index is 6.31. The van der Waals surface area contributed by atoms with E-state index in [2.05, 4.69) is 30.1 Å². The Morgan fingerprint density at radius 3 is 2.94 bits per heavy atom. The molecule has 2 N–H and O–H groups in total. The number of ether oxygens (including phenoxy) is 1. The van der Waals surface area contributed by atoms with Crippen molar-refractivity contribution in [3.05, 3.63) is 42.2 Å². The average molecular weight is 244 g/mol. The van der Waals surface area contributed by atoms with Gasteiger partial charge >= 0.3 is 0 Å². The van der Waals surface area contributed by atoms with Gasteiger partial charge in [0.2, 0.25) is 0 Å². The summed E-state index contributed by atoms with van der Waals surface area (Å²) < 4.78 is 5.16. The topological polar surface area (TPSA) is 48.1 Å². The van der Waals surface area contributed by atoms with E-state index in [1.54, 1.807) is 7.11 Å². The first-order valence-corrected chi connectivity index (χ1v) is 6.29. The van der Waals surface area contributed by atoms with Crippen LogP contribution >= 0.6 is 0 Å². The normalized spacial score (nSPS) is 14.6. The molecule has 18 heavy (non-hydrogen) atoms. The van der Waals surface area contributed by atoms with Gasteiger partial charge in [0, 0.05) is 37.5 Å². The largest absolute Gasteiger partial charge is 0.384 e. The fraction of sp³-hybridized carbons (Fsp3) is 0.400. The number of pyridine rings is 1. The molecule has 0 spiro atoms. The highest BCUT2D eigenvalue weighted by Gasteiger charge is 2.13. The van der Waals surface area contributed by atoms with Gasteiger partial charge in [-0.2, -0.15) is 0 Å². The zero-order valence-electron chi connectivity index (χ0n) is 11.0. The van der Waals surface area contributed by atoms with Gasteiger partial charge in [-0.1, -0.05) is 25.1 Å². The van der Waals surface area contributed by atoms with Crippen LogP contribution in [-0.2, 0) is 4.74 Å². The van der Waals surface area contributed by atoms with Crippen molar-refractivity contribution in [3.8, 4) is 0 Å². The van der Waals surface area contributed by atoms with Gasteiger partial charge in [-0.3, -0.25) is 4.98 Å². The molecule has 1 aromatic carbocycles. The Hall–Kier alpha value is -1.45. The summed E-state index contributed by atoms with van der Waals surface area (Å²) in [5, 5.41) is 2.34. The van der Waals surface area contributed by atoms with Crippen molar-refractivity contribution in [2.45, 2.75) is 19.4 Å². The van der Waals surface area contributed by atoms with Crippen LogP contribution in [-0.4, -0.2) is 18.7 Å². The Morgan fingerprint density at radius 1 is 1.33 bits per heavy atom. The van der Waals surface area contributed by atoms with Gasteiger partial charge in [0.25, 0.3) is 0 Å². The van der Waals surface area contributed by atoms with Crippen LogP contribution < -0.4 is 5.73 Å². The summed E-state index contributed by atoms with van der Waals surface area (Å²) in [6, 6.07) is 8.28. The van der Waals surface area contributed by atoms with Crippen molar-refractivity contribution in [3.63, 3.8) is 0 Å². The molecule has 3 nitrogen and oxygen atoms in total. The van der Waals surface area contributed by atoms with Crippen LogP contribution in [0.15, 0.2) is 36.7 Å². The molecular weight excluding hydrogens is 224 g/mol. The van der Waals surface area contributed by atoms with Gasteiger partial charge in [-0.15, -0.1) is 0 Å². The SMILES string of the molecule is COCC(C)CC(N)c1cccc2ccncc12. The summed E-state index contributed by atoms with van der Waals surface area (Å²) in [5.41, 5.74) is 7.48. The number of nitrogens with zero attached hydrogens (tertiary/aromatic N) is 1. The van der Waals surface area contributed by atoms with Gasteiger partial charge in [0.15, 0.2) is 0 Å². The number of hydrogen-bond acceptors (Lipinski definition) is 3. The summed E-state index contributed by atoms with van der Waals surface area (Å²) in [7, 11) is 1.73. The predicted octanol–water partition coefficient (Wildman–Crippen LogP) is 2.91. The molecule has 0 fully saturated rings. The van der Waals surface area contributed by atoms with Gasteiger partial charge in [0.05, 0.1) is 0 Å². The monoisotopic (exact) mass is 244 g/mol. The molecule has 96 valence electrons. The summed E-state index contributed by atoms with van der Waals surface area (Å²) in [6.45, 7) is 2.91. The Balaban J connectivity index is 2.24. The number of aromatic nitrogens is 1. The van der Waals surface area contributed by atoms with Crippen molar-refractivity contribution in [2.75, 3.05) is 13.7 Å². The van der Waals surface area contributed by atoms with Gasteiger partial charge < -0.3 is 10.5 Å². The molecule has 2 atom stereocenters. The molecule has 3 heteroatoms. The molecule has 0 saturated heterocycles. The Labute approximate surface area is 108 Å². The lowest BCUT2D eigenvalue weighted by Crippen LogP contribution is -2.17. The molecule has 1 aromatic heterocycles. The van der Waals surface area contributed by atoms with Crippen LogP contribution in [0.25, 0.3) is 10.8 Å². The predicted molar refractivity (Wildman–Crippen MR) is 74.3 cm³/mol. The minimum absolute atomic E-state index is 0.0306. The second kappa shape index (κ2) is 5.94. The fourth-order valence-corrected chi connectivity index (χ4v) is 2.37. The van der Waals surface area contributed by atoms with E-state index in [-0.39, 0.29) is 6.04 Å². The molecule has 0 aliphatic heterocycles. The van der Waals surface area contributed by atoms with E-state index in [0.29, 0.717) is 5.92 Å². The lowest BCUT2D eigenvalue weighted by Gasteiger charge is -2.18. The first kappa shape index (κ1) is 13.0. The smallest absolute Gasteiger partial charge is 0.0488 e. The fourth-order valence-electron chi connectivity index (χ4n) is 2.37. The van der Waals surface area contributed by atoms with E-state index in [0.717, 1.165) is 18.4 Å². The number of fused-ring (bicyclic) bond motifs is 1. The third-order valence-electron chi connectivity index (χ3n) is 3.22. The van der Waals surface area contributed by atoms with Crippen molar-refractivity contribution < 1.29 is 4.74 Å². The minimum atomic E-state index is 0.0306. The Kier molecular flexibility index (Phi) is 4.28. The number of hydrogen-bond donors (Lipinski definition) is 1. The average Bonchev–Trinajstić information content (AvgIpc) is 2.38. The maximum Gasteiger partial charge on any atom is 0.0488 e. The van der Waals surface area contributed by atoms with Crippen LogP contribution in [0, 0.1) is 5.92 Å². The van der Waals surface area contributed by atoms with Crippen molar-refractivity contribution in [1.82, 2.24) is 4.98 Å². The summed E-state index contributed by atoms with van der Waals surface area (Å²) in [5.74, 6) is 0.455. The van der Waals surface area contributed by atoms with E-state index < -0.39 is 0 Å². The molecule has 0 aliphatic rings. The molecular formula is C15H20N2O. The molecule has 0 amide bonds. The highest BCUT2D eigenvalue weighted by molar-refractivity contribution is 5.85. The first-order valence-electron chi connectivity index (χ1n) is 6.29. The minimum Gasteiger partial charge on any atom is -0.384 e. The van der Waals surface area contributed by atoms with Crippen molar-refractivity contribution in [1.29, 1.82) is 0 Å². The highest BCUT2D eigenvalue weighted by Crippen LogP contribution is 2.26. The number of methoxy groups -OCH3 is 1. The van der Waals surface area contributed by atoms with Crippen LogP contribution in [0.1, 0.15) is 24.9 Å². The molecule has 2 aromatic rings. The molecule has 0 bridgehead atoms. The zero-order chi connectivity index (χ0) is 13.0. The van der Waals surface area contributed by atoms with Crippen LogP contribution in [0.3, 0.4) is 0 Å². The highest BCUT2D eigenvalue weighted by atomic mass is 16.5. The summed E-state index contributed by atoms with van der Waals surface area (Å²) >= 11 is 0. The lowest BCUT2D eigenvalue weighted by molar-refractivity contribution is 0.152. The number of rotatable bonds is 5. The van der Waals surface area contributed by atoms with E-state index >= 15 is 0 Å². The van der Waals surface area contributed by atoms with E-state index in [4.69, 9.17) is 10.5 Å².